The van der Waals surface area contributed by atoms with E-state index in [1.54, 1.807) is 6.92 Å². The van der Waals surface area contributed by atoms with Crippen LogP contribution in [0.25, 0.3) is 0 Å². The zero-order valence-electron chi connectivity index (χ0n) is 11.1. The van der Waals surface area contributed by atoms with Crippen LogP contribution in [-0.4, -0.2) is 24.5 Å². The maximum Gasteiger partial charge on any atom is 0.332 e. The number of halogens is 1. The summed E-state index contributed by atoms with van der Waals surface area (Å²) in [5.74, 6) is -1.31. The number of benzene rings is 1. The molecular formula is C13H17BrN2O3. The molecule has 0 aromatic heterocycles. The molecule has 1 aromatic rings. The number of carbonyl (C=O) groups excluding carboxylic acids is 2. The van der Waals surface area contributed by atoms with Crippen molar-refractivity contribution < 1.29 is 14.3 Å². The van der Waals surface area contributed by atoms with Crippen LogP contribution in [0.1, 0.15) is 18.1 Å². The van der Waals surface area contributed by atoms with E-state index in [-0.39, 0.29) is 6.61 Å². The monoisotopic (exact) mass is 328 g/mol. The van der Waals surface area contributed by atoms with Gasteiger partial charge in [0.2, 0.25) is 0 Å². The zero-order chi connectivity index (χ0) is 14.6. The average molecular weight is 329 g/mol. The lowest BCUT2D eigenvalue weighted by atomic mass is 10.1. The van der Waals surface area contributed by atoms with Crippen molar-refractivity contribution in [2.45, 2.75) is 26.8 Å². The van der Waals surface area contributed by atoms with Crippen LogP contribution in [0.15, 0.2) is 16.6 Å². The van der Waals surface area contributed by atoms with Crippen LogP contribution < -0.4 is 11.1 Å². The minimum absolute atomic E-state index is 0.191. The third-order valence-corrected chi connectivity index (χ3v) is 3.03. The van der Waals surface area contributed by atoms with Crippen LogP contribution in [-0.2, 0) is 14.3 Å². The second kappa shape index (κ2) is 6.68. The Kier molecular flexibility index (Phi) is 5.50. The molecule has 5 nitrogen and oxygen atoms in total. The van der Waals surface area contributed by atoms with Crippen LogP contribution in [0.4, 0.5) is 5.69 Å². The molecule has 0 radical (unpaired) electrons. The Morgan fingerprint density at radius 1 is 1.37 bits per heavy atom. The van der Waals surface area contributed by atoms with Gasteiger partial charge in [-0.15, -0.1) is 0 Å². The van der Waals surface area contributed by atoms with E-state index < -0.39 is 17.9 Å². The molecule has 0 saturated carbocycles. The topological polar surface area (TPSA) is 81.4 Å². The fraction of sp³-hybridized carbons (Fsp3) is 0.385. The van der Waals surface area contributed by atoms with E-state index in [9.17, 15) is 9.59 Å². The Bertz CT molecular complexity index is 480. The Hall–Kier alpha value is -1.40. The lowest BCUT2D eigenvalue weighted by Crippen LogP contribution is -2.43. The molecule has 0 aliphatic heterocycles. The molecule has 0 saturated heterocycles. The summed E-state index contributed by atoms with van der Waals surface area (Å²) in [7, 11) is 0. The van der Waals surface area contributed by atoms with E-state index in [2.05, 4.69) is 21.2 Å². The number of esters is 1. The van der Waals surface area contributed by atoms with Crippen LogP contribution in [0, 0.1) is 13.8 Å². The van der Waals surface area contributed by atoms with Gasteiger partial charge in [-0.25, -0.2) is 4.79 Å². The predicted octanol–water partition coefficient (Wildman–Crippen LogP) is 1.89. The third-order valence-electron chi connectivity index (χ3n) is 2.57. The van der Waals surface area contributed by atoms with Gasteiger partial charge >= 0.3 is 5.97 Å². The van der Waals surface area contributed by atoms with Crippen molar-refractivity contribution in [2.24, 2.45) is 5.73 Å². The van der Waals surface area contributed by atoms with Gasteiger partial charge in [-0.2, -0.15) is 0 Å². The first kappa shape index (κ1) is 15.7. The summed E-state index contributed by atoms with van der Waals surface area (Å²) in [6, 6.07) is 2.43. The van der Waals surface area contributed by atoms with Crippen LogP contribution in [0.3, 0.4) is 0 Å². The number of hydrogen-bond donors (Lipinski definition) is 2. The van der Waals surface area contributed by atoms with Crippen molar-refractivity contribution >= 4 is 33.5 Å². The summed E-state index contributed by atoms with van der Waals surface area (Å²) in [5.41, 5.74) is 7.96. The van der Waals surface area contributed by atoms with Gasteiger partial charge in [-0.1, -0.05) is 15.9 Å². The molecule has 0 fully saturated rings. The van der Waals surface area contributed by atoms with Gasteiger partial charge in [0.15, 0.2) is 6.04 Å². The van der Waals surface area contributed by atoms with Crippen molar-refractivity contribution in [1.29, 1.82) is 0 Å². The zero-order valence-corrected chi connectivity index (χ0v) is 12.7. The molecule has 1 aromatic carbocycles. The van der Waals surface area contributed by atoms with Gasteiger partial charge in [-0.05, 0) is 44.0 Å². The number of hydrogen-bond acceptors (Lipinski definition) is 4. The van der Waals surface area contributed by atoms with E-state index in [0.29, 0.717) is 5.69 Å². The lowest BCUT2D eigenvalue weighted by molar-refractivity contribution is -0.146. The Balaban J connectivity index is 2.86. The summed E-state index contributed by atoms with van der Waals surface area (Å²) in [6.45, 7) is 5.58. The van der Waals surface area contributed by atoms with Crippen molar-refractivity contribution in [1.82, 2.24) is 0 Å². The Morgan fingerprint density at radius 3 is 2.37 bits per heavy atom. The van der Waals surface area contributed by atoms with Gasteiger partial charge in [-0.3, -0.25) is 4.79 Å². The summed E-state index contributed by atoms with van der Waals surface area (Å²) in [4.78, 5) is 23.3. The van der Waals surface area contributed by atoms with Crippen molar-refractivity contribution in [3.8, 4) is 0 Å². The molecule has 1 atom stereocenters. The molecule has 1 amide bonds. The number of amides is 1. The lowest BCUT2D eigenvalue weighted by Gasteiger charge is -2.15. The highest BCUT2D eigenvalue weighted by molar-refractivity contribution is 9.10. The molecule has 6 heteroatoms. The van der Waals surface area contributed by atoms with E-state index in [4.69, 9.17) is 10.5 Å². The molecule has 1 rings (SSSR count). The van der Waals surface area contributed by atoms with Crippen LogP contribution in [0.2, 0.25) is 0 Å². The highest BCUT2D eigenvalue weighted by atomic mass is 79.9. The van der Waals surface area contributed by atoms with Crippen molar-refractivity contribution in [3.63, 3.8) is 0 Å². The number of aryl methyl sites for hydroxylation is 2. The number of ether oxygens (including phenoxy) is 1. The SMILES string of the molecule is CCOC(=O)C(N)C(=O)Nc1c(C)cc(Br)cc1C. The molecule has 19 heavy (non-hydrogen) atoms. The summed E-state index contributed by atoms with van der Waals surface area (Å²) in [5, 5.41) is 2.66. The Morgan fingerprint density at radius 2 is 1.89 bits per heavy atom. The predicted molar refractivity (Wildman–Crippen MR) is 76.9 cm³/mol. The normalized spacial score (nSPS) is 11.8. The maximum atomic E-state index is 11.9. The van der Waals surface area contributed by atoms with Crippen LogP contribution >= 0.6 is 15.9 Å². The number of carbonyl (C=O) groups is 2. The molecule has 1 unspecified atom stereocenters. The van der Waals surface area contributed by atoms with Crippen LogP contribution in [0.5, 0.6) is 0 Å². The molecule has 104 valence electrons. The average Bonchev–Trinajstić information content (AvgIpc) is 2.32. The smallest absolute Gasteiger partial charge is 0.332 e. The first-order chi connectivity index (χ1) is 8.86. The molecule has 0 spiro atoms. The standard InChI is InChI=1S/C13H17BrN2O3/c1-4-19-13(18)10(15)12(17)16-11-7(2)5-9(14)6-8(11)3/h5-6,10H,4,15H2,1-3H3,(H,16,17). The fourth-order valence-electron chi connectivity index (χ4n) is 1.65. The molecule has 0 aliphatic rings. The van der Waals surface area contributed by atoms with E-state index >= 15 is 0 Å². The first-order valence-electron chi connectivity index (χ1n) is 5.86. The number of nitrogens with one attached hydrogen (secondary N) is 1. The van der Waals surface area contributed by atoms with Crippen molar-refractivity contribution in [2.75, 3.05) is 11.9 Å². The third kappa shape index (κ3) is 4.04. The highest BCUT2D eigenvalue weighted by Crippen LogP contribution is 2.25. The maximum absolute atomic E-state index is 11.9. The van der Waals surface area contributed by atoms with E-state index in [0.717, 1.165) is 15.6 Å². The molecule has 0 aliphatic carbocycles. The first-order valence-corrected chi connectivity index (χ1v) is 6.66. The minimum atomic E-state index is -1.32. The molecule has 3 N–H and O–H groups in total. The fourth-order valence-corrected chi connectivity index (χ4v) is 2.33. The van der Waals surface area contributed by atoms with Gasteiger partial charge in [0.1, 0.15) is 0 Å². The van der Waals surface area contributed by atoms with Gasteiger partial charge < -0.3 is 15.8 Å². The number of anilines is 1. The molecule has 0 heterocycles. The second-order valence-electron chi connectivity index (χ2n) is 4.13. The van der Waals surface area contributed by atoms with E-state index in [1.807, 2.05) is 26.0 Å². The minimum Gasteiger partial charge on any atom is -0.464 e. The number of nitrogens with two attached hydrogens (primary N) is 1. The Labute approximate surface area is 120 Å². The number of rotatable bonds is 4. The second-order valence-corrected chi connectivity index (χ2v) is 5.05. The largest absolute Gasteiger partial charge is 0.464 e. The van der Waals surface area contributed by atoms with Crippen molar-refractivity contribution in [3.05, 3.63) is 27.7 Å². The molecule has 0 bridgehead atoms. The van der Waals surface area contributed by atoms with E-state index in [1.165, 1.54) is 0 Å². The van der Waals surface area contributed by atoms with Gasteiger partial charge in [0, 0.05) is 10.2 Å². The summed E-state index contributed by atoms with van der Waals surface area (Å²) in [6.07, 6.45) is 0. The van der Waals surface area contributed by atoms with Gasteiger partial charge in [0.25, 0.3) is 5.91 Å². The highest BCUT2D eigenvalue weighted by Gasteiger charge is 2.24. The quantitative estimate of drug-likeness (QED) is 0.653. The molecular weight excluding hydrogens is 312 g/mol. The summed E-state index contributed by atoms with van der Waals surface area (Å²) < 4.78 is 5.64. The summed E-state index contributed by atoms with van der Waals surface area (Å²) >= 11 is 3.37. The van der Waals surface area contributed by atoms with Gasteiger partial charge in [0.05, 0.1) is 6.61 Å².